The molecule has 1 unspecified atom stereocenters. The summed E-state index contributed by atoms with van der Waals surface area (Å²) in [5.41, 5.74) is 4.77. The highest BCUT2D eigenvalue weighted by Gasteiger charge is 2.36. The van der Waals surface area contributed by atoms with Crippen molar-refractivity contribution in [3.8, 4) is 0 Å². The average molecular weight is 435 g/mol. The Bertz CT molecular complexity index is 818. The Morgan fingerprint density at radius 1 is 1.27 bits per heavy atom. The summed E-state index contributed by atoms with van der Waals surface area (Å²) in [5, 5.41) is 5.38. The van der Waals surface area contributed by atoms with Crippen molar-refractivity contribution < 1.29 is 23.8 Å². The largest absolute Gasteiger partial charge is 0.467 e. The highest BCUT2D eigenvalue weighted by atomic mass is 32.2. The van der Waals surface area contributed by atoms with Gasteiger partial charge in [0.1, 0.15) is 6.61 Å². The minimum absolute atomic E-state index is 0.0233. The van der Waals surface area contributed by atoms with E-state index in [9.17, 15) is 9.59 Å². The Labute approximate surface area is 180 Å². The minimum atomic E-state index is -0.495. The van der Waals surface area contributed by atoms with Gasteiger partial charge in [0.25, 0.3) is 0 Å². The molecule has 1 aromatic rings. The molecule has 1 aliphatic rings. The first-order chi connectivity index (χ1) is 14.6. The summed E-state index contributed by atoms with van der Waals surface area (Å²) in [4.78, 5) is 24.4. The molecule has 0 aromatic heterocycles. The molecule has 0 saturated heterocycles. The number of rotatable bonds is 13. The smallest absolute Gasteiger partial charge is 0.331 e. The van der Waals surface area contributed by atoms with E-state index < -0.39 is 10.7 Å². The third-order valence-electron chi connectivity index (χ3n) is 4.39. The molecule has 0 radical (unpaired) electrons. The van der Waals surface area contributed by atoms with Crippen molar-refractivity contribution >= 4 is 33.6 Å². The number of amides is 1. The van der Waals surface area contributed by atoms with E-state index in [-0.39, 0.29) is 24.4 Å². The molecule has 2 rings (SSSR count). The third kappa shape index (κ3) is 7.80. The van der Waals surface area contributed by atoms with Gasteiger partial charge in [0.15, 0.2) is 0 Å². The number of anilines is 1. The number of hydrogen-bond donors (Lipinski definition) is 2. The fourth-order valence-corrected chi connectivity index (χ4v) is 4.11. The van der Waals surface area contributed by atoms with Gasteiger partial charge in [0, 0.05) is 30.3 Å². The fraction of sp³-hybridized carbons (Fsp3) is 0.455. The first kappa shape index (κ1) is 23.9. The monoisotopic (exact) mass is 434 g/mol. The molecule has 7 nitrogen and oxygen atoms in total. The first-order valence-electron chi connectivity index (χ1n) is 9.87. The Balaban J connectivity index is 1.73. The third-order valence-corrected chi connectivity index (χ3v) is 6.11. The number of carbonyl (C=O) groups is 2. The highest BCUT2D eigenvalue weighted by molar-refractivity contribution is 8.13. The van der Waals surface area contributed by atoms with Gasteiger partial charge in [-0.2, -0.15) is 0 Å². The lowest BCUT2D eigenvalue weighted by atomic mass is 10.3. The van der Waals surface area contributed by atoms with Crippen LogP contribution in [0.4, 0.5) is 5.69 Å². The molecule has 164 valence electrons. The molecule has 30 heavy (non-hydrogen) atoms. The molecule has 0 aliphatic heterocycles. The van der Waals surface area contributed by atoms with Gasteiger partial charge in [-0.1, -0.05) is 29.4 Å². The van der Waals surface area contributed by atoms with E-state index in [0.29, 0.717) is 32.8 Å². The van der Waals surface area contributed by atoms with Gasteiger partial charge in [0.05, 0.1) is 19.6 Å². The summed E-state index contributed by atoms with van der Waals surface area (Å²) < 4.78 is 18.4. The molecule has 1 amide bonds. The summed E-state index contributed by atoms with van der Waals surface area (Å²) >= 11 is 0. The highest BCUT2D eigenvalue weighted by Crippen LogP contribution is 2.38. The number of para-hydroxylation sites is 1. The molecule has 0 heterocycles. The second kappa shape index (κ2) is 13.0. The van der Waals surface area contributed by atoms with Gasteiger partial charge in [-0.25, -0.2) is 4.79 Å². The topological polar surface area (TPSA) is 85.9 Å². The normalized spacial score (nSPS) is 15.9. The van der Waals surface area contributed by atoms with Crippen LogP contribution in [-0.2, 0) is 23.8 Å². The quantitative estimate of drug-likeness (QED) is 0.215. The van der Waals surface area contributed by atoms with Crippen molar-refractivity contribution in [1.29, 1.82) is 0 Å². The zero-order chi connectivity index (χ0) is 21.8. The molecular formula is C22H30N2O5S. The lowest BCUT2D eigenvalue weighted by molar-refractivity contribution is -0.146. The van der Waals surface area contributed by atoms with E-state index in [2.05, 4.69) is 27.1 Å². The Morgan fingerprint density at radius 2 is 2.03 bits per heavy atom. The maximum Gasteiger partial charge on any atom is 0.331 e. The molecule has 1 fully saturated rings. The van der Waals surface area contributed by atoms with Gasteiger partial charge in [-0.15, -0.1) is 5.73 Å². The lowest BCUT2D eigenvalue weighted by Gasteiger charge is -2.16. The molecule has 8 heteroatoms. The zero-order valence-electron chi connectivity index (χ0n) is 17.6. The number of ether oxygens (including phenoxy) is 3. The van der Waals surface area contributed by atoms with E-state index >= 15 is 0 Å². The van der Waals surface area contributed by atoms with Crippen LogP contribution in [0.2, 0.25) is 0 Å². The zero-order valence-corrected chi connectivity index (χ0v) is 18.4. The summed E-state index contributed by atoms with van der Waals surface area (Å²) in [6.45, 7) is 7.70. The molecule has 2 atom stereocenters. The molecule has 2 N–H and O–H groups in total. The minimum Gasteiger partial charge on any atom is -0.467 e. The van der Waals surface area contributed by atoms with Crippen LogP contribution in [0.1, 0.15) is 19.8 Å². The number of carbonyl (C=O) groups excluding carboxylic acids is 2. The summed E-state index contributed by atoms with van der Waals surface area (Å²) in [6, 6.07) is 7.94. The number of hydrogen-bond acceptors (Lipinski definition) is 6. The van der Waals surface area contributed by atoms with E-state index in [4.69, 9.17) is 9.47 Å². The Hall–Kier alpha value is -2.38. The average Bonchev–Trinajstić information content (AvgIpc) is 3.56. The van der Waals surface area contributed by atoms with Crippen LogP contribution in [0.25, 0.3) is 0 Å². The van der Waals surface area contributed by atoms with Crippen LogP contribution >= 0.6 is 10.7 Å². The summed E-state index contributed by atoms with van der Waals surface area (Å²) in [5.74, 6) is -0.439. The molecule has 0 bridgehead atoms. The Morgan fingerprint density at radius 3 is 2.73 bits per heavy atom. The maximum absolute atomic E-state index is 12.4. The standard InChI is InChI=1S/C22H30N2O5S/c1-4-17-15-18(17)22(26)24-30(5-2)20-10-7-6-9-19(20)23-11-14-28-12-8-13-29-16-21(25)27-3/h5-7,9-10,18,23H,1,8,11-16H2,2-3H3,(H,24,26)/t18-,30?/m0/s1. The van der Waals surface area contributed by atoms with Gasteiger partial charge < -0.3 is 24.2 Å². The van der Waals surface area contributed by atoms with Crippen molar-refractivity contribution in [1.82, 2.24) is 4.72 Å². The fourth-order valence-electron chi connectivity index (χ4n) is 2.67. The number of methoxy groups -OCH3 is 1. The number of esters is 1. The maximum atomic E-state index is 12.4. The predicted molar refractivity (Wildman–Crippen MR) is 120 cm³/mol. The molecule has 0 spiro atoms. The van der Waals surface area contributed by atoms with Gasteiger partial charge in [-0.3, -0.25) is 4.79 Å². The van der Waals surface area contributed by atoms with Crippen molar-refractivity contribution in [3.63, 3.8) is 0 Å². The molecular weight excluding hydrogens is 404 g/mol. The van der Waals surface area contributed by atoms with Crippen LogP contribution in [0, 0.1) is 5.92 Å². The lowest BCUT2D eigenvalue weighted by Crippen LogP contribution is -2.20. The van der Waals surface area contributed by atoms with Crippen LogP contribution < -0.4 is 10.0 Å². The SMILES string of the molecule is C=C=C1C[C@@H]1C(=O)N/S(=C/C)c1ccccc1NCCOCCCOCC(=O)OC. The van der Waals surface area contributed by atoms with Gasteiger partial charge >= 0.3 is 5.97 Å². The van der Waals surface area contributed by atoms with Crippen molar-refractivity contribution in [2.45, 2.75) is 24.7 Å². The molecule has 1 aliphatic carbocycles. The van der Waals surface area contributed by atoms with E-state index in [1.165, 1.54) is 7.11 Å². The van der Waals surface area contributed by atoms with Crippen molar-refractivity contribution in [3.05, 3.63) is 42.1 Å². The number of benzene rings is 1. The first-order valence-corrected chi connectivity index (χ1v) is 11.2. The van der Waals surface area contributed by atoms with Crippen molar-refractivity contribution in [2.24, 2.45) is 5.92 Å². The second-order valence-electron chi connectivity index (χ2n) is 6.52. The number of nitrogens with one attached hydrogen (secondary N) is 2. The van der Waals surface area contributed by atoms with Gasteiger partial charge in [0.2, 0.25) is 5.91 Å². The second-order valence-corrected chi connectivity index (χ2v) is 8.31. The van der Waals surface area contributed by atoms with E-state index in [1.54, 1.807) is 0 Å². The van der Waals surface area contributed by atoms with E-state index in [1.807, 2.05) is 36.6 Å². The Kier molecular flexibility index (Phi) is 10.4. The predicted octanol–water partition coefficient (Wildman–Crippen LogP) is 2.91. The van der Waals surface area contributed by atoms with Crippen molar-refractivity contribution in [2.75, 3.05) is 45.4 Å². The van der Waals surface area contributed by atoms with E-state index in [0.717, 1.165) is 22.6 Å². The van der Waals surface area contributed by atoms with Crippen LogP contribution in [0.15, 0.2) is 47.0 Å². The van der Waals surface area contributed by atoms with Crippen LogP contribution in [-0.4, -0.2) is 57.3 Å². The summed E-state index contributed by atoms with van der Waals surface area (Å²) in [7, 11) is 0.836. The molecule has 1 aromatic carbocycles. The summed E-state index contributed by atoms with van der Waals surface area (Å²) in [6.07, 6.45) is 1.46. The van der Waals surface area contributed by atoms with Crippen LogP contribution in [0.3, 0.4) is 0 Å². The van der Waals surface area contributed by atoms with Gasteiger partial charge in [-0.05, 0) is 42.8 Å². The van der Waals surface area contributed by atoms with Crippen LogP contribution in [0.5, 0.6) is 0 Å². The molecule has 1 saturated carbocycles.